The lowest BCUT2D eigenvalue weighted by molar-refractivity contribution is 0.102. The number of aromatic nitrogens is 1. The predicted molar refractivity (Wildman–Crippen MR) is 102 cm³/mol. The third-order valence-electron chi connectivity index (χ3n) is 3.36. The topological polar surface area (TPSA) is 77.2 Å². The van der Waals surface area contributed by atoms with Gasteiger partial charge in [0.05, 0.1) is 11.6 Å². The number of carbonyl (C=O) groups is 1. The molecule has 0 fully saturated rings. The van der Waals surface area contributed by atoms with Gasteiger partial charge in [-0.15, -0.1) is 23.7 Å². The van der Waals surface area contributed by atoms with Gasteiger partial charge in [0.2, 0.25) is 0 Å². The number of aryl methyl sites for hydroxylation is 1. The third kappa shape index (κ3) is 5.78. The monoisotopic (exact) mass is 369 g/mol. The Bertz CT molecular complexity index is 661. The molecule has 0 aliphatic rings. The first-order valence-electron chi connectivity index (χ1n) is 7.83. The van der Waals surface area contributed by atoms with Gasteiger partial charge in [0.1, 0.15) is 11.4 Å². The van der Waals surface area contributed by atoms with E-state index in [9.17, 15) is 4.79 Å². The highest BCUT2D eigenvalue weighted by Crippen LogP contribution is 2.22. The number of carbonyl (C=O) groups excluding carboxylic acids is 1. The summed E-state index contributed by atoms with van der Waals surface area (Å²) in [4.78, 5) is 16.5. The molecule has 1 aromatic carbocycles. The number of hydrogen-bond acceptors (Lipinski definition) is 5. The number of anilines is 1. The van der Waals surface area contributed by atoms with Crippen LogP contribution in [0.2, 0.25) is 0 Å². The second-order valence-electron chi connectivity index (χ2n) is 5.30. The molecule has 1 aromatic heterocycles. The average Bonchev–Trinajstić information content (AvgIpc) is 2.99. The van der Waals surface area contributed by atoms with Gasteiger partial charge in [0, 0.05) is 17.5 Å². The number of halogens is 1. The number of nitrogens with one attached hydrogen (secondary N) is 1. The Kier molecular flexibility index (Phi) is 8.74. The van der Waals surface area contributed by atoms with Gasteiger partial charge in [-0.25, -0.2) is 4.98 Å². The van der Waals surface area contributed by atoms with Crippen LogP contribution in [0.1, 0.15) is 40.8 Å². The van der Waals surface area contributed by atoms with E-state index in [1.54, 1.807) is 5.38 Å². The van der Waals surface area contributed by atoms with Crippen LogP contribution in [0.4, 0.5) is 5.69 Å². The minimum absolute atomic E-state index is 0. The Morgan fingerprint density at radius 3 is 2.88 bits per heavy atom. The summed E-state index contributed by atoms with van der Waals surface area (Å²) >= 11 is 1.46. The van der Waals surface area contributed by atoms with Crippen LogP contribution in [-0.2, 0) is 6.42 Å². The summed E-state index contributed by atoms with van der Waals surface area (Å²) in [7, 11) is 0. The van der Waals surface area contributed by atoms with Gasteiger partial charge < -0.3 is 15.8 Å². The second-order valence-corrected chi connectivity index (χ2v) is 6.24. The van der Waals surface area contributed by atoms with Crippen LogP contribution in [0.3, 0.4) is 0 Å². The molecule has 0 unspecified atom stereocenters. The van der Waals surface area contributed by atoms with Crippen molar-refractivity contribution >= 4 is 35.3 Å². The van der Waals surface area contributed by atoms with E-state index in [1.807, 2.05) is 25.1 Å². The van der Waals surface area contributed by atoms with Gasteiger partial charge in [-0.05, 0) is 43.7 Å². The fourth-order valence-corrected chi connectivity index (χ4v) is 2.83. The minimum Gasteiger partial charge on any atom is -0.494 e. The Morgan fingerprint density at radius 1 is 1.42 bits per heavy atom. The van der Waals surface area contributed by atoms with E-state index < -0.39 is 0 Å². The zero-order valence-corrected chi connectivity index (χ0v) is 15.6. The van der Waals surface area contributed by atoms with Crippen LogP contribution >= 0.6 is 23.7 Å². The van der Waals surface area contributed by atoms with E-state index in [1.165, 1.54) is 11.3 Å². The smallest absolute Gasteiger partial charge is 0.275 e. The molecule has 0 aliphatic carbocycles. The summed E-state index contributed by atoms with van der Waals surface area (Å²) < 4.78 is 5.67. The molecular weight excluding hydrogens is 346 g/mol. The minimum atomic E-state index is -0.202. The number of rotatable bonds is 8. The van der Waals surface area contributed by atoms with Crippen LogP contribution < -0.4 is 15.8 Å². The van der Waals surface area contributed by atoms with Crippen molar-refractivity contribution in [3.8, 4) is 5.75 Å². The van der Waals surface area contributed by atoms with E-state index in [0.717, 1.165) is 34.8 Å². The van der Waals surface area contributed by atoms with E-state index in [2.05, 4.69) is 17.2 Å². The quantitative estimate of drug-likeness (QED) is 0.693. The molecule has 0 saturated carbocycles. The number of benzene rings is 1. The lowest BCUT2D eigenvalue weighted by atomic mass is 10.2. The summed E-state index contributed by atoms with van der Waals surface area (Å²) in [6, 6.07) is 5.67. The number of nitrogens with two attached hydrogens (primary N) is 1. The maximum Gasteiger partial charge on any atom is 0.275 e. The van der Waals surface area contributed by atoms with Crippen molar-refractivity contribution in [2.24, 2.45) is 5.73 Å². The van der Waals surface area contributed by atoms with Crippen molar-refractivity contribution in [1.82, 2.24) is 4.98 Å². The first kappa shape index (κ1) is 20.4. The number of nitrogens with zero attached hydrogens (tertiary/aromatic N) is 1. The molecule has 0 radical (unpaired) electrons. The number of thiazole rings is 1. The van der Waals surface area contributed by atoms with Crippen LogP contribution in [-0.4, -0.2) is 24.0 Å². The highest BCUT2D eigenvalue weighted by molar-refractivity contribution is 7.09. The number of amides is 1. The van der Waals surface area contributed by atoms with Crippen molar-refractivity contribution in [1.29, 1.82) is 0 Å². The van der Waals surface area contributed by atoms with Gasteiger partial charge in [-0.3, -0.25) is 4.79 Å². The van der Waals surface area contributed by atoms with Gasteiger partial charge in [-0.2, -0.15) is 0 Å². The van der Waals surface area contributed by atoms with Crippen molar-refractivity contribution in [2.75, 3.05) is 18.5 Å². The second kappa shape index (κ2) is 10.3. The molecule has 2 rings (SSSR count). The van der Waals surface area contributed by atoms with Crippen molar-refractivity contribution < 1.29 is 9.53 Å². The van der Waals surface area contributed by atoms with Crippen molar-refractivity contribution in [2.45, 2.75) is 33.1 Å². The number of hydrogen-bond donors (Lipinski definition) is 2. The molecule has 2 aromatic rings. The largest absolute Gasteiger partial charge is 0.494 e. The maximum atomic E-state index is 12.3. The zero-order valence-electron chi connectivity index (χ0n) is 14.0. The van der Waals surface area contributed by atoms with Gasteiger partial charge in [0.15, 0.2) is 0 Å². The fraction of sp³-hybridized carbons (Fsp3) is 0.412. The summed E-state index contributed by atoms with van der Waals surface area (Å²) in [5.74, 6) is 0.625. The Labute approximate surface area is 153 Å². The molecule has 0 atom stereocenters. The van der Waals surface area contributed by atoms with Gasteiger partial charge >= 0.3 is 0 Å². The summed E-state index contributed by atoms with van der Waals surface area (Å²) in [6.45, 7) is 5.32. The standard InChI is InChI=1S/C17H23N3O2S.ClH/c1-3-4-9-22-13-5-6-14(12(2)10-13)20-17(21)15-11-23-16(19-15)7-8-18;/h5-6,10-11H,3-4,7-9,18H2,1-2H3,(H,20,21);1H. The molecule has 0 aliphatic heterocycles. The Morgan fingerprint density at radius 2 is 2.21 bits per heavy atom. The van der Waals surface area contributed by atoms with E-state index >= 15 is 0 Å². The number of unbranched alkanes of at least 4 members (excludes halogenated alkanes) is 1. The normalized spacial score (nSPS) is 10.1. The molecule has 0 saturated heterocycles. The fourth-order valence-electron chi connectivity index (χ4n) is 2.04. The van der Waals surface area contributed by atoms with E-state index in [0.29, 0.717) is 25.3 Å². The van der Waals surface area contributed by atoms with Crippen LogP contribution in [0.5, 0.6) is 5.75 Å². The van der Waals surface area contributed by atoms with Crippen molar-refractivity contribution in [3.63, 3.8) is 0 Å². The molecule has 132 valence electrons. The zero-order chi connectivity index (χ0) is 16.7. The lowest BCUT2D eigenvalue weighted by Gasteiger charge is -2.10. The van der Waals surface area contributed by atoms with E-state index in [4.69, 9.17) is 10.5 Å². The molecule has 3 N–H and O–H groups in total. The highest BCUT2D eigenvalue weighted by atomic mass is 35.5. The van der Waals surface area contributed by atoms with Gasteiger partial charge in [-0.1, -0.05) is 13.3 Å². The van der Waals surface area contributed by atoms with E-state index in [-0.39, 0.29) is 18.3 Å². The molecule has 0 bridgehead atoms. The van der Waals surface area contributed by atoms with Crippen LogP contribution in [0.15, 0.2) is 23.6 Å². The molecule has 1 heterocycles. The Balaban J connectivity index is 0.00000288. The predicted octanol–water partition coefficient (Wildman–Crippen LogP) is 3.81. The van der Waals surface area contributed by atoms with Crippen LogP contribution in [0, 0.1) is 6.92 Å². The van der Waals surface area contributed by atoms with Gasteiger partial charge in [0.25, 0.3) is 5.91 Å². The molecule has 1 amide bonds. The SMILES string of the molecule is CCCCOc1ccc(NC(=O)c2csc(CCN)n2)c(C)c1.Cl. The first-order chi connectivity index (χ1) is 11.1. The average molecular weight is 370 g/mol. The highest BCUT2D eigenvalue weighted by Gasteiger charge is 2.12. The van der Waals surface area contributed by atoms with Crippen LogP contribution in [0.25, 0.3) is 0 Å². The maximum absolute atomic E-state index is 12.3. The summed E-state index contributed by atoms with van der Waals surface area (Å²) in [5, 5.41) is 5.54. The lowest BCUT2D eigenvalue weighted by Crippen LogP contribution is -2.13. The summed E-state index contributed by atoms with van der Waals surface area (Å²) in [5.41, 5.74) is 7.67. The molecule has 5 nitrogen and oxygen atoms in total. The van der Waals surface area contributed by atoms with Crippen molar-refractivity contribution in [3.05, 3.63) is 39.8 Å². The Hall–Kier alpha value is -1.63. The summed E-state index contributed by atoms with van der Waals surface area (Å²) in [6.07, 6.45) is 2.83. The molecule has 7 heteroatoms. The number of ether oxygens (including phenoxy) is 1. The molecular formula is C17H24ClN3O2S. The molecule has 24 heavy (non-hydrogen) atoms. The first-order valence-corrected chi connectivity index (χ1v) is 8.71. The molecule has 0 spiro atoms. The third-order valence-corrected chi connectivity index (χ3v) is 4.26.